The summed E-state index contributed by atoms with van der Waals surface area (Å²) in [5.41, 5.74) is -0.789. The van der Waals surface area contributed by atoms with Crippen molar-refractivity contribution in [2.45, 2.75) is 25.4 Å². The van der Waals surface area contributed by atoms with Gasteiger partial charge in [-0.25, -0.2) is 0 Å². The van der Waals surface area contributed by atoms with Crippen molar-refractivity contribution in [3.8, 4) is 0 Å². The van der Waals surface area contributed by atoms with E-state index in [1.54, 1.807) is 19.1 Å². The molecule has 0 spiro atoms. The second kappa shape index (κ2) is 3.70. The number of hydrogen-bond acceptors (Lipinski definition) is 3. The highest BCUT2D eigenvalue weighted by Crippen LogP contribution is 2.38. The number of carbonyl (C=O) groups is 1. The first-order chi connectivity index (χ1) is 7.09. The summed E-state index contributed by atoms with van der Waals surface area (Å²) in [5.74, 6) is 0.330. The summed E-state index contributed by atoms with van der Waals surface area (Å²) < 4.78 is 4.94. The van der Waals surface area contributed by atoms with Gasteiger partial charge in [0.15, 0.2) is 5.76 Å². The van der Waals surface area contributed by atoms with Crippen molar-refractivity contribution in [2.75, 3.05) is 6.54 Å². The van der Waals surface area contributed by atoms with Crippen LogP contribution in [-0.4, -0.2) is 23.2 Å². The summed E-state index contributed by atoms with van der Waals surface area (Å²) in [4.78, 5) is 11.5. The van der Waals surface area contributed by atoms with E-state index in [0.717, 1.165) is 12.8 Å². The summed E-state index contributed by atoms with van der Waals surface area (Å²) >= 11 is 0. The van der Waals surface area contributed by atoms with E-state index in [1.807, 2.05) is 0 Å². The molecule has 15 heavy (non-hydrogen) atoms. The molecular weight excluding hydrogens is 194 g/mol. The Labute approximate surface area is 88.3 Å². The van der Waals surface area contributed by atoms with Crippen LogP contribution in [0.25, 0.3) is 0 Å². The number of amides is 1. The number of hydrogen-bond donors (Lipinski definition) is 2. The maximum absolute atomic E-state index is 11.5. The third-order valence-corrected chi connectivity index (χ3v) is 2.81. The molecule has 1 aliphatic carbocycles. The van der Waals surface area contributed by atoms with E-state index in [2.05, 4.69) is 5.32 Å². The standard InChI is InChI=1S/C11H15NO3/c1-11(14,8-4-5-8)7-12-10(13)9-3-2-6-15-9/h2-3,6,8,14H,4-5,7H2,1H3,(H,12,13)/t11-/m1/s1. The zero-order valence-corrected chi connectivity index (χ0v) is 8.69. The molecule has 1 heterocycles. The minimum atomic E-state index is -0.789. The van der Waals surface area contributed by atoms with E-state index in [1.165, 1.54) is 6.26 Å². The minimum absolute atomic E-state index is 0.275. The average molecular weight is 209 g/mol. The van der Waals surface area contributed by atoms with Crippen LogP contribution in [0.1, 0.15) is 30.3 Å². The van der Waals surface area contributed by atoms with E-state index in [-0.39, 0.29) is 18.2 Å². The van der Waals surface area contributed by atoms with Crippen molar-refractivity contribution >= 4 is 5.91 Å². The van der Waals surface area contributed by atoms with Gasteiger partial charge in [-0.3, -0.25) is 4.79 Å². The molecule has 4 nitrogen and oxygen atoms in total. The van der Waals surface area contributed by atoms with Gasteiger partial charge in [0.1, 0.15) is 0 Å². The Morgan fingerprint density at radius 3 is 3.00 bits per heavy atom. The molecular formula is C11H15NO3. The SMILES string of the molecule is C[C@@](O)(CNC(=O)c1ccco1)C1CC1. The van der Waals surface area contributed by atoms with E-state index in [0.29, 0.717) is 5.92 Å². The number of furan rings is 1. The van der Waals surface area contributed by atoms with Crippen LogP contribution in [-0.2, 0) is 0 Å². The van der Waals surface area contributed by atoms with Gasteiger partial charge in [-0.1, -0.05) is 0 Å². The number of nitrogens with one attached hydrogen (secondary N) is 1. The fraction of sp³-hybridized carbons (Fsp3) is 0.545. The van der Waals surface area contributed by atoms with Gasteiger partial charge >= 0.3 is 0 Å². The Kier molecular flexibility index (Phi) is 2.52. The van der Waals surface area contributed by atoms with Crippen molar-refractivity contribution in [2.24, 2.45) is 5.92 Å². The Balaban J connectivity index is 1.85. The van der Waals surface area contributed by atoms with E-state index < -0.39 is 5.60 Å². The predicted molar refractivity (Wildman–Crippen MR) is 54.4 cm³/mol. The molecule has 0 aliphatic heterocycles. The Morgan fingerprint density at radius 2 is 2.47 bits per heavy atom. The molecule has 4 heteroatoms. The molecule has 1 fully saturated rings. The highest BCUT2D eigenvalue weighted by molar-refractivity contribution is 5.91. The highest BCUT2D eigenvalue weighted by Gasteiger charge is 2.40. The number of rotatable bonds is 4. The van der Waals surface area contributed by atoms with Gasteiger partial charge in [0.05, 0.1) is 11.9 Å². The molecule has 1 amide bonds. The topological polar surface area (TPSA) is 62.5 Å². The van der Waals surface area contributed by atoms with Crippen molar-refractivity contribution in [3.63, 3.8) is 0 Å². The van der Waals surface area contributed by atoms with Crippen molar-refractivity contribution in [3.05, 3.63) is 24.2 Å². The lowest BCUT2D eigenvalue weighted by Crippen LogP contribution is -2.42. The lowest BCUT2D eigenvalue weighted by molar-refractivity contribution is 0.0350. The van der Waals surface area contributed by atoms with Gasteiger partial charge in [0.2, 0.25) is 0 Å². The first-order valence-corrected chi connectivity index (χ1v) is 5.14. The number of carbonyl (C=O) groups excluding carboxylic acids is 1. The average Bonchev–Trinajstić information content (AvgIpc) is 2.92. The first-order valence-electron chi connectivity index (χ1n) is 5.14. The van der Waals surface area contributed by atoms with E-state index in [4.69, 9.17) is 4.42 Å². The molecule has 1 atom stereocenters. The van der Waals surface area contributed by atoms with Crippen LogP contribution in [0.4, 0.5) is 0 Å². The molecule has 1 saturated carbocycles. The maximum atomic E-state index is 11.5. The second-order valence-corrected chi connectivity index (χ2v) is 4.29. The van der Waals surface area contributed by atoms with Gasteiger partial charge in [-0.05, 0) is 37.8 Å². The van der Waals surface area contributed by atoms with Gasteiger partial charge in [0.25, 0.3) is 5.91 Å². The molecule has 2 N–H and O–H groups in total. The van der Waals surface area contributed by atoms with Crippen LogP contribution in [0.15, 0.2) is 22.8 Å². The maximum Gasteiger partial charge on any atom is 0.287 e. The normalized spacial score (nSPS) is 19.6. The minimum Gasteiger partial charge on any atom is -0.459 e. The Hall–Kier alpha value is -1.29. The summed E-state index contributed by atoms with van der Waals surface area (Å²) in [6.07, 6.45) is 3.54. The predicted octanol–water partition coefficient (Wildman–Crippen LogP) is 1.17. The summed E-state index contributed by atoms with van der Waals surface area (Å²) in [6, 6.07) is 3.26. The van der Waals surface area contributed by atoms with Crippen LogP contribution in [0.2, 0.25) is 0 Å². The third kappa shape index (κ3) is 2.39. The summed E-state index contributed by atoms with van der Waals surface area (Å²) in [7, 11) is 0. The molecule has 0 radical (unpaired) electrons. The highest BCUT2D eigenvalue weighted by atomic mass is 16.3. The second-order valence-electron chi connectivity index (χ2n) is 4.29. The molecule has 1 aromatic heterocycles. The summed E-state index contributed by atoms with van der Waals surface area (Å²) in [6.45, 7) is 2.03. The van der Waals surface area contributed by atoms with Crippen LogP contribution < -0.4 is 5.32 Å². The molecule has 0 saturated heterocycles. The van der Waals surface area contributed by atoms with E-state index >= 15 is 0 Å². The van der Waals surface area contributed by atoms with Crippen molar-refractivity contribution in [1.29, 1.82) is 0 Å². The summed E-state index contributed by atoms with van der Waals surface area (Å²) in [5, 5.41) is 12.6. The Morgan fingerprint density at radius 1 is 1.73 bits per heavy atom. The van der Waals surface area contributed by atoms with Gasteiger partial charge < -0.3 is 14.8 Å². The first kappa shape index (κ1) is 10.2. The molecule has 1 aliphatic rings. The largest absolute Gasteiger partial charge is 0.459 e. The molecule has 2 rings (SSSR count). The zero-order chi connectivity index (χ0) is 10.9. The van der Waals surface area contributed by atoms with Crippen LogP contribution in [0.5, 0.6) is 0 Å². The van der Waals surface area contributed by atoms with Crippen LogP contribution in [0, 0.1) is 5.92 Å². The Bertz CT molecular complexity index is 339. The van der Waals surface area contributed by atoms with Gasteiger partial charge in [0, 0.05) is 6.54 Å². The van der Waals surface area contributed by atoms with Crippen molar-refractivity contribution < 1.29 is 14.3 Å². The fourth-order valence-electron chi connectivity index (χ4n) is 1.60. The lowest BCUT2D eigenvalue weighted by atomic mass is 10.0. The zero-order valence-electron chi connectivity index (χ0n) is 8.69. The lowest BCUT2D eigenvalue weighted by Gasteiger charge is -2.22. The molecule has 1 aromatic rings. The quantitative estimate of drug-likeness (QED) is 0.782. The van der Waals surface area contributed by atoms with Gasteiger partial charge in [-0.2, -0.15) is 0 Å². The monoisotopic (exact) mass is 209 g/mol. The van der Waals surface area contributed by atoms with Crippen LogP contribution in [0.3, 0.4) is 0 Å². The smallest absolute Gasteiger partial charge is 0.287 e. The van der Waals surface area contributed by atoms with Crippen LogP contribution >= 0.6 is 0 Å². The number of aliphatic hydroxyl groups is 1. The molecule has 0 aromatic carbocycles. The molecule has 0 unspecified atom stereocenters. The third-order valence-electron chi connectivity index (χ3n) is 2.81. The molecule has 0 bridgehead atoms. The van der Waals surface area contributed by atoms with Gasteiger partial charge in [-0.15, -0.1) is 0 Å². The van der Waals surface area contributed by atoms with E-state index in [9.17, 15) is 9.90 Å². The van der Waals surface area contributed by atoms with Crippen molar-refractivity contribution in [1.82, 2.24) is 5.32 Å². The molecule has 82 valence electrons. The fourth-order valence-corrected chi connectivity index (χ4v) is 1.60.